The zero-order valence-electron chi connectivity index (χ0n) is 19.1. The molecule has 6 nitrogen and oxygen atoms in total. The summed E-state index contributed by atoms with van der Waals surface area (Å²) < 4.78 is 11.1. The van der Waals surface area contributed by atoms with Crippen molar-refractivity contribution in [3.05, 3.63) is 95.1 Å². The van der Waals surface area contributed by atoms with E-state index in [0.717, 1.165) is 36.1 Å². The Morgan fingerprint density at radius 3 is 2.58 bits per heavy atom. The van der Waals surface area contributed by atoms with E-state index in [-0.39, 0.29) is 17.5 Å². The van der Waals surface area contributed by atoms with E-state index < -0.39 is 0 Å². The first-order chi connectivity index (χ1) is 16.1. The first kappa shape index (κ1) is 23.9. The van der Waals surface area contributed by atoms with Crippen molar-refractivity contribution in [2.24, 2.45) is 0 Å². The number of hydrogen-bond acceptors (Lipinski definition) is 4. The SMILES string of the molecule is CCCOc1ccccc1CCCNC(=O)/C(=C/c1ccco1)NC(=O)c1ccccc1C. The molecule has 0 aliphatic heterocycles. The molecule has 0 saturated carbocycles. The van der Waals surface area contributed by atoms with Crippen molar-refractivity contribution in [2.75, 3.05) is 13.2 Å². The van der Waals surface area contributed by atoms with Gasteiger partial charge in [-0.05, 0) is 61.6 Å². The van der Waals surface area contributed by atoms with Crippen LogP contribution in [0.2, 0.25) is 0 Å². The van der Waals surface area contributed by atoms with Crippen LogP contribution >= 0.6 is 0 Å². The predicted molar refractivity (Wildman–Crippen MR) is 129 cm³/mol. The lowest BCUT2D eigenvalue weighted by Gasteiger charge is -2.13. The average molecular weight is 447 g/mol. The zero-order chi connectivity index (χ0) is 23.5. The monoisotopic (exact) mass is 446 g/mol. The molecule has 1 aromatic heterocycles. The maximum Gasteiger partial charge on any atom is 0.267 e. The molecule has 33 heavy (non-hydrogen) atoms. The molecule has 0 radical (unpaired) electrons. The molecule has 3 rings (SSSR count). The lowest BCUT2D eigenvalue weighted by atomic mass is 10.1. The molecule has 2 amide bonds. The minimum absolute atomic E-state index is 0.130. The highest BCUT2D eigenvalue weighted by Crippen LogP contribution is 2.19. The molecule has 172 valence electrons. The van der Waals surface area contributed by atoms with Crippen LogP contribution in [0.3, 0.4) is 0 Å². The van der Waals surface area contributed by atoms with Gasteiger partial charge in [0.05, 0.1) is 12.9 Å². The maximum absolute atomic E-state index is 12.9. The summed E-state index contributed by atoms with van der Waals surface area (Å²) in [5.74, 6) is 0.647. The van der Waals surface area contributed by atoms with Gasteiger partial charge in [0, 0.05) is 18.2 Å². The highest BCUT2D eigenvalue weighted by Gasteiger charge is 2.16. The van der Waals surface area contributed by atoms with Gasteiger partial charge in [0.15, 0.2) is 0 Å². The minimum Gasteiger partial charge on any atom is -0.493 e. The van der Waals surface area contributed by atoms with Crippen LogP contribution in [0, 0.1) is 6.92 Å². The Balaban J connectivity index is 1.62. The Morgan fingerprint density at radius 2 is 1.82 bits per heavy atom. The van der Waals surface area contributed by atoms with Gasteiger partial charge >= 0.3 is 0 Å². The van der Waals surface area contributed by atoms with Crippen LogP contribution < -0.4 is 15.4 Å². The largest absolute Gasteiger partial charge is 0.493 e. The predicted octanol–water partition coefficient (Wildman–Crippen LogP) is 4.90. The quantitative estimate of drug-likeness (QED) is 0.324. The fourth-order valence-electron chi connectivity index (χ4n) is 3.33. The Hall–Kier alpha value is -3.80. The zero-order valence-corrected chi connectivity index (χ0v) is 19.1. The van der Waals surface area contributed by atoms with Crippen molar-refractivity contribution in [3.63, 3.8) is 0 Å². The van der Waals surface area contributed by atoms with Gasteiger partial charge in [0.25, 0.3) is 11.8 Å². The van der Waals surface area contributed by atoms with Crippen molar-refractivity contribution >= 4 is 17.9 Å². The second-order valence-electron chi connectivity index (χ2n) is 7.66. The van der Waals surface area contributed by atoms with E-state index in [0.29, 0.717) is 24.5 Å². The number of rotatable bonds is 11. The normalized spacial score (nSPS) is 11.2. The summed E-state index contributed by atoms with van der Waals surface area (Å²) in [5.41, 5.74) is 2.58. The fourth-order valence-corrected chi connectivity index (χ4v) is 3.33. The van der Waals surface area contributed by atoms with E-state index in [1.165, 1.54) is 12.3 Å². The van der Waals surface area contributed by atoms with E-state index in [1.54, 1.807) is 24.3 Å². The van der Waals surface area contributed by atoms with E-state index >= 15 is 0 Å². The van der Waals surface area contributed by atoms with Crippen molar-refractivity contribution in [2.45, 2.75) is 33.1 Å². The van der Waals surface area contributed by atoms with Crippen molar-refractivity contribution in [3.8, 4) is 5.75 Å². The molecule has 0 aliphatic rings. The van der Waals surface area contributed by atoms with Gasteiger partial charge in [-0.15, -0.1) is 0 Å². The number of carbonyl (C=O) groups is 2. The number of carbonyl (C=O) groups excluding carboxylic acids is 2. The molecule has 0 unspecified atom stereocenters. The standard InChI is InChI=1S/C27H30N2O4/c1-3-17-33-25-15-7-5-11-21(25)12-8-16-28-27(31)24(19-22-13-9-18-32-22)29-26(30)23-14-6-4-10-20(23)2/h4-7,9-11,13-15,18-19H,3,8,12,16-17H2,1-2H3,(H,28,31)(H,29,30)/b24-19-. The topological polar surface area (TPSA) is 80.6 Å². The third-order valence-electron chi connectivity index (χ3n) is 5.06. The number of furan rings is 1. The van der Waals surface area contributed by atoms with E-state index in [9.17, 15) is 9.59 Å². The lowest BCUT2D eigenvalue weighted by molar-refractivity contribution is -0.117. The van der Waals surface area contributed by atoms with Gasteiger partial charge in [-0.2, -0.15) is 0 Å². The van der Waals surface area contributed by atoms with E-state index in [4.69, 9.17) is 9.15 Å². The van der Waals surface area contributed by atoms with Gasteiger partial charge in [0.2, 0.25) is 0 Å². The van der Waals surface area contributed by atoms with Gasteiger partial charge in [-0.25, -0.2) is 0 Å². The molecule has 3 aromatic rings. The number of benzene rings is 2. The second-order valence-corrected chi connectivity index (χ2v) is 7.66. The van der Waals surface area contributed by atoms with Crippen molar-refractivity contribution in [1.82, 2.24) is 10.6 Å². The third-order valence-corrected chi connectivity index (χ3v) is 5.06. The number of hydrogen-bond donors (Lipinski definition) is 2. The maximum atomic E-state index is 12.9. The van der Waals surface area contributed by atoms with Crippen LogP contribution in [0.5, 0.6) is 5.75 Å². The molecule has 1 heterocycles. The van der Waals surface area contributed by atoms with Crippen molar-refractivity contribution in [1.29, 1.82) is 0 Å². The van der Waals surface area contributed by atoms with E-state index in [1.807, 2.05) is 43.3 Å². The molecular formula is C27H30N2O4. The van der Waals surface area contributed by atoms with Crippen molar-refractivity contribution < 1.29 is 18.7 Å². The van der Waals surface area contributed by atoms with Crippen LogP contribution in [-0.2, 0) is 11.2 Å². The number of ether oxygens (including phenoxy) is 1. The van der Waals surface area contributed by atoms with Crippen LogP contribution in [0.25, 0.3) is 6.08 Å². The van der Waals surface area contributed by atoms with Gasteiger partial charge in [0.1, 0.15) is 17.2 Å². The summed E-state index contributed by atoms with van der Waals surface area (Å²) >= 11 is 0. The van der Waals surface area contributed by atoms with Crippen LogP contribution in [0.15, 0.2) is 77.0 Å². The lowest BCUT2D eigenvalue weighted by Crippen LogP contribution is -2.35. The minimum atomic E-state index is -0.371. The Bertz CT molecular complexity index is 1090. The highest BCUT2D eigenvalue weighted by molar-refractivity contribution is 6.05. The van der Waals surface area contributed by atoms with Crippen LogP contribution in [0.4, 0.5) is 0 Å². The summed E-state index contributed by atoms with van der Waals surface area (Å²) in [6.45, 7) is 5.06. The average Bonchev–Trinajstić information content (AvgIpc) is 3.34. The fraction of sp³-hybridized carbons (Fsp3) is 0.259. The molecule has 0 spiro atoms. The van der Waals surface area contributed by atoms with Gasteiger partial charge in [-0.1, -0.05) is 43.3 Å². The summed E-state index contributed by atoms with van der Waals surface area (Å²) in [4.78, 5) is 25.7. The van der Waals surface area contributed by atoms with Crippen LogP contribution in [0.1, 0.15) is 47.0 Å². The number of aryl methyl sites for hydroxylation is 2. The molecular weight excluding hydrogens is 416 g/mol. The molecule has 0 atom stereocenters. The van der Waals surface area contributed by atoms with Gasteiger partial charge < -0.3 is 19.8 Å². The Morgan fingerprint density at radius 1 is 1.03 bits per heavy atom. The molecule has 6 heteroatoms. The third kappa shape index (κ3) is 7.10. The highest BCUT2D eigenvalue weighted by atomic mass is 16.5. The smallest absolute Gasteiger partial charge is 0.267 e. The molecule has 0 fully saturated rings. The number of nitrogens with one attached hydrogen (secondary N) is 2. The van der Waals surface area contributed by atoms with Gasteiger partial charge in [-0.3, -0.25) is 9.59 Å². The molecule has 0 aliphatic carbocycles. The summed E-state index contributed by atoms with van der Waals surface area (Å²) in [5, 5.41) is 5.63. The number of para-hydroxylation sites is 1. The van der Waals surface area contributed by atoms with E-state index in [2.05, 4.69) is 17.6 Å². The molecule has 0 bridgehead atoms. The Labute approximate surface area is 194 Å². The molecule has 2 aromatic carbocycles. The second kappa shape index (κ2) is 12.3. The Kier molecular flexibility index (Phi) is 8.88. The molecule has 0 saturated heterocycles. The summed E-state index contributed by atoms with van der Waals surface area (Å²) in [6.07, 6.45) is 5.50. The summed E-state index contributed by atoms with van der Waals surface area (Å²) in [7, 11) is 0. The number of amides is 2. The molecule has 2 N–H and O–H groups in total. The first-order valence-corrected chi connectivity index (χ1v) is 11.2. The first-order valence-electron chi connectivity index (χ1n) is 11.2. The van der Waals surface area contributed by atoms with Crippen LogP contribution in [-0.4, -0.2) is 25.0 Å². The summed E-state index contributed by atoms with van der Waals surface area (Å²) in [6, 6.07) is 18.6.